The molecule has 1 N–H and O–H groups in total. The van der Waals surface area contributed by atoms with Gasteiger partial charge in [-0.2, -0.15) is 0 Å². The maximum atomic E-state index is 15.3. The molecule has 5 nitrogen and oxygen atoms in total. The molecule has 1 saturated heterocycles. The van der Waals surface area contributed by atoms with E-state index in [0.717, 1.165) is 54.0 Å². The van der Waals surface area contributed by atoms with Crippen LogP contribution in [0.2, 0.25) is 0 Å². The first-order chi connectivity index (χ1) is 15.7. The summed E-state index contributed by atoms with van der Waals surface area (Å²) in [6.45, 7) is 3.01. The van der Waals surface area contributed by atoms with Gasteiger partial charge in [0.05, 0.1) is 18.9 Å². The molecule has 1 aromatic carbocycles. The van der Waals surface area contributed by atoms with Gasteiger partial charge in [0.2, 0.25) is 0 Å². The van der Waals surface area contributed by atoms with Crippen LogP contribution in [-0.4, -0.2) is 54.1 Å². The second-order valence-electron chi connectivity index (χ2n) is 8.43. The van der Waals surface area contributed by atoms with Crippen LogP contribution in [0.5, 0.6) is 5.75 Å². The van der Waals surface area contributed by atoms with Crippen LogP contribution >= 0.6 is 11.8 Å². The Hall–Kier alpha value is -2.09. The molecule has 0 radical (unpaired) electrons. The zero-order valence-electron chi connectivity index (χ0n) is 18.5. The normalized spacial score (nSPS) is 20.5. The van der Waals surface area contributed by atoms with Crippen molar-refractivity contribution in [2.24, 2.45) is 11.8 Å². The Morgan fingerprint density at radius 1 is 1.31 bits per heavy atom. The van der Waals surface area contributed by atoms with Crippen LogP contribution in [-0.2, 0) is 0 Å². The first-order valence-corrected chi connectivity index (χ1v) is 12.2. The summed E-state index contributed by atoms with van der Waals surface area (Å²) >= 11 is 1.78. The van der Waals surface area contributed by atoms with Gasteiger partial charge in [0.1, 0.15) is 18.2 Å². The lowest BCUT2D eigenvalue weighted by atomic mass is 9.81. The highest BCUT2D eigenvalue weighted by atomic mass is 32.2. The predicted octanol–water partition coefficient (Wildman–Crippen LogP) is 5.35. The number of thioether (sulfide) groups is 1. The van der Waals surface area contributed by atoms with E-state index in [-0.39, 0.29) is 12.5 Å². The fourth-order valence-electron chi connectivity index (χ4n) is 4.64. The molecular weight excluding hydrogens is 427 g/mol. The minimum Gasteiger partial charge on any atom is -0.497 e. The number of aliphatic hydroxyl groups is 1. The highest BCUT2D eigenvalue weighted by Gasteiger charge is 2.29. The molecular formula is C25H31FN2O3S. The third kappa shape index (κ3) is 5.63. The number of rotatable bonds is 10. The van der Waals surface area contributed by atoms with E-state index in [0.29, 0.717) is 23.7 Å². The molecule has 3 heterocycles. The van der Waals surface area contributed by atoms with E-state index in [2.05, 4.69) is 9.88 Å². The van der Waals surface area contributed by atoms with Crippen molar-refractivity contribution in [3.8, 4) is 5.75 Å². The number of hydrogen-bond acceptors (Lipinski definition) is 6. The molecule has 0 bridgehead atoms. The third-order valence-electron chi connectivity index (χ3n) is 6.49. The van der Waals surface area contributed by atoms with Crippen LogP contribution in [0.15, 0.2) is 58.4 Å². The van der Waals surface area contributed by atoms with Gasteiger partial charge in [-0.1, -0.05) is 0 Å². The van der Waals surface area contributed by atoms with Gasteiger partial charge in [-0.3, -0.25) is 4.98 Å². The zero-order chi connectivity index (χ0) is 22.3. The number of alkyl halides is 1. The molecule has 0 unspecified atom stereocenters. The molecule has 32 heavy (non-hydrogen) atoms. The van der Waals surface area contributed by atoms with E-state index in [4.69, 9.17) is 9.15 Å². The molecule has 2 aromatic heterocycles. The van der Waals surface area contributed by atoms with Gasteiger partial charge in [-0.15, -0.1) is 11.8 Å². The van der Waals surface area contributed by atoms with Gasteiger partial charge >= 0.3 is 0 Å². The molecule has 0 saturated carbocycles. The van der Waals surface area contributed by atoms with Crippen molar-refractivity contribution in [3.05, 3.63) is 54.6 Å². The number of aromatic nitrogens is 1. The Kier molecular flexibility index (Phi) is 8.05. The fourth-order valence-corrected chi connectivity index (χ4v) is 5.50. The number of piperidine rings is 1. The fraction of sp³-hybridized carbons (Fsp3) is 0.480. The van der Waals surface area contributed by atoms with Gasteiger partial charge in [0.25, 0.3) is 0 Å². The number of ether oxygens (including phenoxy) is 1. The summed E-state index contributed by atoms with van der Waals surface area (Å²) in [6, 6.07) is 9.33. The van der Waals surface area contributed by atoms with Gasteiger partial charge < -0.3 is 19.2 Å². The number of hydrogen-bond donors (Lipinski definition) is 1. The Labute approximate surface area is 193 Å². The van der Waals surface area contributed by atoms with Crippen molar-refractivity contribution in [1.29, 1.82) is 0 Å². The Morgan fingerprint density at radius 3 is 3.00 bits per heavy atom. The van der Waals surface area contributed by atoms with Crippen molar-refractivity contribution >= 4 is 22.7 Å². The summed E-state index contributed by atoms with van der Waals surface area (Å²) in [6.07, 6.45) is 6.30. The number of aliphatic hydroxyl groups excluding tert-OH is 1. The Bertz CT molecular complexity index is 984. The summed E-state index contributed by atoms with van der Waals surface area (Å²) in [5.74, 6) is 2.24. The summed E-state index contributed by atoms with van der Waals surface area (Å²) in [5, 5.41) is 10.8. The van der Waals surface area contributed by atoms with Gasteiger partial charge in [-0.05, 0) is 73.5 Å². The van der Waals surface area contributed by atoms with E-state index >= 15 is 4.39 Å². The van der Waals surface area contributed by atoms with E-state index in [9.17, 15) is 5.11 Å². The SMILES string of the molecule is COc1ccc2nccc([C@H](F)CC[C@@H]3CCN(CCSc4ccoc4)C[C@@H]3CO)c2c1. The van der Waals surface area contributed by atoms with Gasteiger partial charge in [-0.25, -0.2) is 4.39 Å². The minimum absolute atomic E-state index is 0.155. The smallest absolute Gasteiger partial charge is 0.126 e. The predicted molar refractivity (Wildman–Crippen MR) is 126 cm³/mol. The van der Waals surface area contributed by atoms with E-state index in [1.165, 1.54) is 0 Å². The number of likely N-dealkylation sites (tertiary alicyclic amines) is 1. The molecule has 7 heteroatoms. The van der Waals surface area contributed by atoms with Gasteiger partial charge in [0.15, 0.2) is 0 Å². The lowest BCUT2D eigenvalue weighted by Crippen LogP contribution is -2.43. The molecule has 0 aliphatic carbocycles. The number of benzene rings is 1. The van der Waals surface area contributed by atoms with E-state index < -0.39 is 6.17 Å². The second-order valence-corrected chi connectivity index (χ2v) is 9.60. The van der Waals surface area contributed by atoms with Crippen molar-refractivity contribution in [2.75, 3.05) is 39.1 Å². The summed E-state index contributed by atoms with van der Waals surface area (Å²) < 4.78 is 25.7. The van der Waals surface area contributed by atoms with E-state index in [1.807, 2.05) is 24.3 Å². The van der Waals surface area contributed by atoms with Crippen LogP contribution in [0, 0.1) is 11.8 Å². The Balaban J connectivity index is 1.31. The lowest BCUT2D eigenvalue weighted by Gasteiger charge is -2.38. The number of pyridine rings is 1. The molecule has 0 amide bonds. The number of halogens is 1. The Morgan fingerprint density at radius 2 is 2.22 bits per heavy atom. The standard InChI is InChI=1S/C25H31FN2O3S/c1-30-20-3-5-25-23(14-20)22(6-9-27-25)24(26)4-2-18-7-10-28(15-19(18)16-29)11-13-32-21-8-12-31-17-21/h3,5-6,8-9,12,14,17-19,24,29H,2,4,7,10-11,13,15-16H2,1H3/t18-,19-,24-/m1/s1. The summed E-state index contributed by atoms with van der Waals surface area (Å²) in [7, 11) is 1.61. The maximum Gasteiger partial charge on any atom is 0.126 e. The molecule has 1 aliphatic rings. The van der Waals surface area contributed by atoms with Crippen molar-refractivity contribution < 1.29 is 18.7 Å². The molecule has 172 valence electrons. The minimum atomic E-state index is -1.06. The average Bonchev–Trinajstić information content (AvgIpc) is 3.35. The molecule has 1 aliphatic heterocycles. The molecule has 0 spiro atoms. The van der Waals surface area contributed by atoms with Crippen LogP contribution in [0.25, 0.3) is 10.9 Å². The molecule has 1 fully saturated rings. The number of methoxy groups -OCH3 is 1. The second kappa shape index (κ2) is 11.2. The van der Waals surface area contributed by atoms with Crippen LogP contribution in [0.1, 0.15) is 31.0 Å². The van der Waals surface area contributed by atoms with Crippen molar-refractivity contribution in [1.82, 2.24) is 9.88 Å². The zero-order valence-corrected chi connectivity index (χ0v) is 19.3. The van der Waals surface area contributed by atoms with Crippen molar-refractivity contribution in [2.45, 2.75) is 30.3 Å². The number of nitrogens with zero attached hydrogens (tertiary/aromatic N) is 2. The van der Waals surface area contributed by atoms with Crippen LogP contribution in [0.3, 0.4) is 0 Å². The highest BCUT2D eigenvalue weighted by molar-refractivity contribution is 7.99. The topological polar surface area (TPSA) is 58.7 Å². The van der Waals surface area contributed by atoms with E-state index in [1.54, 1.807) is 43.7 Å². The first kappa shape index (κ1) is 23.1. The molecule has 3 atom stereocenters. The number of fused-ring (bicyclic) bond motifs is 1. The quantitative estimate of drug-likeness (QED) is 0.413. The number of furan rings is 1. The lowest BCUT2D eigenvalue weighted by molar-refractivity contribution is 0.0672. The monoisotopic (exact) mass is 458 g/mol. The average molecular weight is 459 g/mol. The molecule has 4 rings (SSSR count). The summed E-state index contributed by atoms with van der Waals surface area (Å²) in [5.41, 5.74) is 1.45. The largest absolute Gasteiger partial charge is 0.497 e. The summed E-state index contributed by atoms with van der Waals surface area (Å²) in [4.78, 5) is 7.92. The van der Waals surface area contributed by atoms with Crippen LogP contribution < -0.4 is 4.74 Å². The van der Waals surface area contributed by atoms with Crippen LogP contribution in [0.4, 0.5) is 4.39 Å². The van der Waals surface area contributed by atoms with Gasteiger partial charge in [0, 0.05) is 41.9 Å². The van der Waals surface area contributed by atoms with Crippen molar-refractivity contribution in [3.63, 3.8) is 0 Å². The third-order valence-corrected chi connectivity index (χ3v) is 7.44. The molecule has 3 aromatic rings. The first-order valence-electron chi connectivity index (χ1n) is 11.2. The highest BCUT2D eigenvalue weighted by Crippen LogP contribution is 2.35. The maximum absolute atomic E-state index is 15.3.